The lowest BCUT2D eigenvalue weighted by molar-refractivity contribution is -0.137. The molecule has 1 aliphatic carbocycles. The number of carboxylic acid groups (broad SMARTS) is 1. The van der Waals surface area contributed by atoms with Gasteiger partial charge in [0.15, 0.2) is 0 Å². The van der Waals surface area contributed by atoms with Crippen LogP contribution < -0.4 is 5.32 Å². The van der Waals surface area contributed by atoms with Gasteiger partial charge in [-0.25, -0.2) is 4.79 Å². The third kappa shape index (κ3) is 4.62. The van der Waals surface area contributed by atoms with E-state index >= 15 is 0 Å². The fraction of sp³-hybridized carbons (Fsp3) is 0.429. The van der Waals surface area contributed by atoms with Crippen molar-refractivity contribution in [1.29, 1.82) is 0 Å². The fourth-order valence-electron chi connectivity index (χ4n) is 1.94. The number of carboxylic acids is 1. The molecule has 1 aromatic rings. The molecule has 0 heterocycles. The van der Waals surface area contributed by atoms with E-state index < -0.39 is 12.1 Å². The van der Waals surface area contributed by atoms with E-state index in [0.29, 0.717) is 0 Å². The van der Waals surface area contributed by atoms with E-state index in [4.69, 9.17) is 9.84 Å². The predicted molar refractivity (Wildman–Crippen MR) is 68.5 cm³/mol. The molecule has 102 valence electrons. The maximum Gasteiger partial charge on any atom is 0.407 e. The largest absolute Gasteiger partial charge is 0.481 e. The van der Waals surface area contributed by atoms with Crippen LogP contribution in [-0.4, -0.2) is 23.2 Å². The predicted octanol–water partition coefficient (Wildman–Crippen LogP) is 2.17. The van der Waals surface area contributed by atoms with Gasteiger partial charge in [-0.05, 0) is 24.3 Å². The van der Waals surface area contributed by atoms with E-state index in [2.05, 4.69) is 5.32 Å². The van der Waals surface area contributed by atoms with Gasteiger partial charge in [0.05, 0.1) is 6.42 Å². The zero-order valence-corrected chi connectivity index (χ0v) is 10.5. The van der Waals surface area contributed by atoms with Crippen LogP contribution in [0.4, 0.5) is 4.79 Å². The number of hydrogen-bond acceptors (Lipinski definition) is 3. The lowest BCUT2D eigenvalue weighted by atomic mass is 10.1. The van der Waals surface area contributed by atoms with Crippen molar-refractivity contribution in [2.75, 3.05) is 0 Å². The number of carbonyl (C=O) groups is 2. The van der Waals surface area contributed by atoms with E-state index in [9.17, 15) is 9.59 Å². The minimum absolute atomic E-state index is 0.0505. The standard InChI is InChI=1S/C14H17NO4/c16-13(17)8-12(11-6-7-11)15-14(18)19-9-10-4-2-1-3-5-10/h1-5,11-12H,6-9H2,(H,15,18)(H,16,17)/t12-/m1/s1. The van der Waals surface area contributed by atoms with E-state index in [-0.39, 0.29) is 25.0 Å². The summed E-state index contributed by atoms with van der Waals surface area (Å²) in [5.41, 5.74) is 0.902. The van der Waals surface area contributed by atoms with E-state index in [1.165, 1.54) is 0 Å². The molecule has 2 N–H and O–H groups in total. The number of nitrogens with one attached hydrogen (secondary N) is 1. The van der Waals surface area contributed by atoms with Gasteiger partial charge in [0, 0.05) is 6.04 Å². The van der Waals surface area contributed by atoms with Crippen molar-refractivity contribution in [1.82, 2.24) is 5.32 Å². The van der Waals surface area contributed by atoms with E-state index in [1.54, 1.807) is 0 Å². The Morgan fingerprint density at radius 2 is 2.00 bits per heavy atom. The molecule has 1 amide bonds. The topological polar surface area (TPSA) is 75.6 Å². The molecule has 0 saturated heterocycles. The van der Waals surface area contributed by atoms with Crippen molar-refractivity contribution in [3.63, 3.8) is 0 Å². The molecule has 1 atom stereocenters. The first-order valence-corrected chi connectivity index (χ1v) is 6.34. The number of amides is 1. The quantitative estimate of drug-likeness (QED) is 0.824. The average Bonchev–Trinajstić information content (AvgIpc) is 3.20. The Morgan fingerprint density at radius 1 is 1.32 bits per heavy atom. The molecule has 0 bridgehead atoms. The van der Waals surface area contributed by atoms with Gasteiger partial charge in [-0.1, -0.05) is 30.3 Å². The van der Waals surface area contributed by atoms with Crippen molar-refractivity contribution in [3.05, 3.63) is 35.9 Å². The monoisotopic (exact) mass is 263 g/mol. The number of alkyl carbamates (subject to hydrolysis) is 1. The van der Waals surface area contributed by atoms with Crippen molar-refractivity contribution in [2.24, 2.45) is 5.92 Å². The van der Waals surface area contributed by atoms with Crippen LogP contribution in [0.15, 0.2) is 30.3 Å². The van der Waals surface area contributed by atoms with Crippen LogP contribution in [-0.2, 0) is 16.1 Å². The summed E-state index contributed by atoms with van der Waals surface area (Å²) in [4.78, 5) is 22.3. The highest BCUT2D eigenvalue weighted by Gasteiger charge is 2.34. The summed E-state index contributed by atoms with van der Waals surface area (Å²) in [6, 6.07) is 9.04. The molecule has 5 nitrogen and oxygen atoms in total. The summed E-state index contributed by atoms with van der Waals surface area (Å²) in [5.74, 6) is -0.624. The van der Waals surface area contributed by atoms with E-state index in [1.807, 2.05) is 30.3 Å². The minimum Gasteiger partial charge on any atom is -0.481 e. The summed E-state index contributed by atoms with van der Waals surface area (Å²) in [7, 11) is 0. The third-order valence-electron chi connectivity index (χ3n) is 3.10. The number of ether oxygens (including phenoxy) is 1. The van der Waals surface area contributed by atoms with Crippen LogP contribution in [0.2, 0.25) is 0 Å². The first kappa shape index (κ1) is 13.4. The Labute approximate surface area is 111 Å². The number of aliphatic carboxylic acids is 1. The van der Waals surface area contributed by atoms with Gasteiger partial charge in [-0.15, -0.1) is 0 Å². The molecule has 0 spiro atoms. The summed E-state index contributed by atoms with van der Waals surface area (Å²) < 4.78 is 5.08. The lowest BCUT2D eigenvalue weighted by Crippen LogP contribution is -2.38. The molecule has 0 aliphatic heterocycles. The summed E-state index contributed by atoms with van der Waals surface area (Å²) in [5, 5.41) is 11.4. The molecule has 1 aromatic carbocycles. The molecule has 1 fully saturated rings. The summed E-state index contributed by atoms with van der Waals surface area (Å²) in [6.45, 7) is 0.192. The number of carbonyl (C=O) groups excluding carboxylic acids is 1. The zero-order valence-electron chi connectivity index (χ0n) is 10.5. The molecule has 0 aromatic heterocycles. The van der Waals surface area contributed by atoms with Gasteiger partial charge in [0.25, 0.3) is 0 Å². The molecule has 0 radical (unpaired) electrons. The summed E-state index contributed by atoms with van der Waals surface area (Å²) >= 11 is 0. The van der Waals surface area contributed by atoms with Gasteiger partial charge < -0.3 is 15.2 Å². The second-order valence-corrected chi connectivity index (χ2v) is 4.75. The van der Waals surface area contributed by atoms with Crippen molar-refractivity contribution >= 4 is 12.1 Å². The van der Waals surface area contributed by atoms with Gasteiger partial charge in [0.1, 0.15) is 6.61 Å². The highest BCUT2D eigenvalue weighted by molar-refractivity contribution is 5.71. The lowest BCUT2D eigenvalue weighted by Gasteiger charge is -2.16. The Bertz CT molecular complexity index is 442. The second-order valence-electron chi connectivity index (χ2n) is 4.75. The SMILES string of the molecule is O=C(O)C[C@@H](NC(=O)OCc1ccccc1)C1CC1. The summed E-state index contributed by atoms with van der Waals surface area (Å²) in [6.07, 6.45) is 1.33. The Hall–Kier alpha value is -2.04. The van der Waals surface area contributed by atoms with Crippen molar-refractivity contribution < 1.29 is 19.4 Å². The molecular weight excluding hydrogens is 246 g/mol. The zero-order chi connectivity index (χ0) is 13.7. The number of benzene rings is 1. The first-order chi connectivity index (χ1) is 9.15. The fourth-order valence-corrected chi connectivity index (χ4v) is 1.94. The molecule has 1 saturated carbocycles. The number of rotatable bonds is 6. The first-order valence-electron chi connectivity index (χ1n) is 6.34. The van der Waals surface area contributed by atoms with Crippen LogP contribution in [0, 0.1) is 5.92 Å². The van der Waals surface area contributed by atoms with Gasteiger partial charge in [0.2, 0.25) is 0 Å². The molecule has 19 heavy (non-hydrogen) atoms. The molecule has 0 unspecified atom stereocenters. The van der Waals surface area contributed by atoms with Crippen LogP contribution in [0.5, 0.6) is 0 Å². The average molecular weight is 263 g/mol. The van der Waals surface area contributed by atoms with Crippen LogP contribution in [0.25, 0.3) is 0 Å². The minimum atomic E-state index is -0.903. The Kier molecular flexibility index (Phi) is 4.39. The smallest absolute Gasteiger partial charge is 0.407 e. The Morgan fingerprint density at radius 3 is 2.58 bits per heavy atom. The van der Waals surface area contributed by atoms with Gasteiger partial charge in [-0.2, -0.15) is 0 Å². The molecular formula is C14H17NO4. The van der Waals surface area contributed by atoms with Crippen molar-refractivity contribution in [2.45, 2.75) is 31.9 Å². The van der Waals surface area contributed by atoms with Crippen LogP contribution in [0.1, 0.15) is 24.8 Å². The highest BCUT2D eigenvalue weighted by atomic mass is 16.5. The van der Waals surface area contributed by atoms with E-state index in [0.717, 1.165) is 18.4 Å². The maximum absolute atomic E-state index is 11.6. The van der Waals surface area contributed by atoms with Gasteiger partial charge >= 0.3 is 12.1 Å². The second kappa shape index (κ2) is 6.22. The highest BCUT2D eigenvalue weighted by Crippen LogP contribution is 2.34. The normalized spacial score (nSPS) is 15.6. The van der Waals surface area contributed by atoms with Gasteiger partial charge in [-0.3, -0.25) is 4.79 Å². The molecule has 5 heteroatoms. The van der Waals surface area contributed by atoms with Crippen LogP contribution >= 0.6 is 0 Å². The Balaban J connectivity index is 1.77. The maximum atomic E-state index is 11.6. The molecule has 2 rings (SSSR count). The number of hydrogen-bond donors (Lipinski definition) is 2. The molecule has 1 aliphatic rings. The van der Waals surface area contributed by atoms with Crippen molar-refractivity contribution in [3.8, 4) is 0 Å². The third-order valence-corrected chi connectivity index (χ3v) is 3.10. The van der Waals surface area contributed by atoms with Crippen LogP contribution in [0.3, 0.4) is 0 Å².